The molecule has 2 saturated heterocycles. The standard InChI is InChI=1S/C11H20N2O/c1-8-7-12(3)11(14)10-5-4-6-13(10)9(8)2/h8-10H,4-7H2,1-3H3/t8-,9-,10?/m1/s1. The summed E-state index contributed by atoms with van der Waals surface area (Å²) >= 11 is 0. The SMILES string of the molecule is C[C@@H]1CN(C)C(=O)C2CCCN2[C@@H]1C. The van der Waals surface area contributed by atoms with Crippen molar-refractivity contribution in [3.8, 4) is 0 Å². The predicted molar refractivity (Wildman–Crippen MR) is 56.0 cm³/mol. The van der Waals surface area contributed by atoms with Crippen LogP contribution in [0.4, 0.5) is 0 Å². The van der Waals surface area contributed by atoms with E-state index in [1.54, 1.807) is 0 Å². The zero-order valence-corrected chi connectivity index (χ0v) is 9.36. The fraction of sp³-hybridized carbons (Fsp3) is 0.909. The largest absolute Gasteiger partial charge is 0.344 e. The Kier molecular flexibility index (Phi) is 2.52. The van der Waals surface area contributed by atoms with Crippen LogP contribution >= 0.6 is 0 Å². The van der Waals surface area contributed by atoms with Gasteiger partial charge in [-0.05, 0) is 32.2 Å². The quantitative estimate of drug-likeness (QED) is 0.576. The third-order valence-electron chi connectivity index (χ3n) is 3.86. The van der Waals surface area contributed by atoms with Crippen LogP contribution in [0.5, 0.6) is 0 Å². The third kappa shape index (κ3) is 1.44. The lowest BCUT2D eigenvalue weighted by Crippen LogP contribution is -2.43. The van der Waals surface area contributed by atoms with Crippen LogP contribution in [0.1, 0.15) is 26.7 Å². The summed E-state index contributed by atoms with van der Waals surface area (Å²) in [5, 5.41) is 0. The highest BCUT2D eigenvalue weighted by atomic mass is 16.2. The Morgan fingerprint density at radius 1 is 1.36 bits per heavy atom. The summed E-state index contributed by atoms with van der Waals surface area (Å²) in [6, 6.07) is 0.733. The molecule has 2 heterocycles. The molecule has 0 aromatic carbocycles. The Hall–Kier alpha value is -0.570. The second kappa shape index (κ2) is 3.54. The molecule has 14 heavy (non-hydrogen) atoms. The van der Waals surface area contributed by atoms with Crippen molar-refractivity contribution in [2.24, 2.45) is 5.92 Å². The molecule has 2 fully saturated rings. The van der Waals surface area contributed by atoms with Crippen LogP contribution in [0.2, 0.25) is 0 Å². The van der Waals surface area contributed by atoms with Crippen molar-refractivity contribution in [3.05, 3.63) is 0 Å². The molecule has 0 radical (unpaired) electrons. The normalized spacial score (nSPS) is 39.8. The van der Waals surface area contributed by atoms with Crippen LogP contribution < -0.4 is 0 Å². The number of carbonyl (C=O) groups excluding carboxylic acids is 1. The first kappa shape index (κ1) is 9.97. The zero-order chi connectivity index (χ0) is 10.3. The van der Waals surface area contributed by atoms with E-state index < -0.39 is 0 Å². The Morgan fingerprint density at radius 2 is 2.07 bits per heavy atom. The summed E-state index contributed by atoms with van der Waals surface area (Å²) in [4.78, 5) is 16.3. The number of carbonyl (C=O) groups is 1. The highest BCUT2D eigenvalue weighted by Crippen LogP contribution is 2.28. The van der Waals surface area contributed by atoms with Crippen LogP contribution in [0.15, 0.2) is 0 Å². The first-order chi connectivity index (χ1) is 6.61. The summed E-state index contributed by atoms with van der Waals surface area (Å²) in [7, 11) is 1.94. The lowest BCUT2D eigenvalue weighted by atomic mass is 10.0. The van der Waals surface area contributed by atoms with E-state index in [9.17, 15) is 4.79 Å². The van der Waals surface area contributed by atoms with Gasteiger partial charge in [0.2, 0.25) is 5.91 Å². The van der Waals surface area contributed by atoms with Crippen LogP contribution in [-0.4, -0.2) is 47.9 Å². The van der Waals surface area contributed by atoms with Crippen molar-refractivity contribution < 1.29 is 4.79 Å². The Bertz CT molecular complexity index is 241. The van der Waals surface area contributed by atoms with Crippen LogP contribution in [0, 0.1) is 5.92 Å². The van der Waals surface area contributed by atoms with Gasteiger partial charge in [-0.1, -0.05) is 6.92 Å². The van der Waals surface area contributed by atoms with Crippen molar-refractivity contribution in [1.82, 2.24) is 9.80 Å². The van der Waals surface area contributed by atoms with Gasteiger partial charge in [0.05, 0.1) is 6.04 Å². The van der Waals surface area contributed by atoms with Gasteiger partial charge in [0.15, 0.2) is 0 Å². The van der Waals surface area contributed by atoms with Crippen molar-refractivity contribution in [2.45, 2.75) is 38.8 Å². The molecule has 0 aromatic rings. The zero-order valence-electron chi connectivity index (χ0n) is 9.36. The van der Waals surface area contributed by atoms with Gasteiger partial charge < -0.3 is 4.90 Å². The van der Waals surface area contributed by atoms with E-state index in [0.29, 0.717) is 17.9 Å². The van der Waals surface area contributed by atoms with E-state index in [2.05, 4.69) is 18.7 Å². The third-order valence-corrected chi connectivity index (χ3v) is 3.86. The molecule has 2 aliphatic heterocycles. The van der Waals surface area contributed by atoms with Gasteiger partial charge in [-0.25, -0.2) is 0 Å². The topological polar surface area (TPSA) is 23.6 Å². The average molecular weight is 196 g/mol. The lowest BCUT2D eigenvalue weighted by Gasteiger charge is -2.29. The van der Waals surface area contributed by atoms with Gasteiger partial charge in [0, 0.05) is 19.6 Å². The van der Waals surface area contributed by atoms with E-state index in [4.69, 9.17) is 0 Å². The maximum absolute atomic E-state index is 12.0. The van der Waals surface area contributed by atoms with Crippen molar-refractivity contribution >= 4 is 5.91 Å². The van der Waals surface area contributed by atoms with E-state index in [0.717, 1.165) is 19.5 Å². The Morgan fingerprint density at radius 3 is 2.79 bits per heavy atom. The Balaban J connectivity index is 2.24. The number of nitrogens with zero attached hydrogens (tertiary/aromatic N) is 2. The molecule has 0 N–H and O–H groups in total. The van der Waals surface area contributed by atoms with Gasteiger partial charge in [0.1, 0.15) is 0 Å². The molecule has 80 valence electrons. The van der Waals surface area contributed by atoms with Gasteiger partial charge in [-0.2, -0.15) is 0 Å². The fourth-order valence-corrected chi connectivity index (χ4v) is 2.80. The molecule has 3 heteroatoms. The molecule has 0 aromatic heterocycles. The number of fused-ring (bicyclic) bond motifs is 1. The highest BCUT2D eigenvalue weighted by Gasteiger charge is 2.40. The van der Waals surface area contributed by atoms with Gasteiger partial charge >= 0.3 is 0 Å². The molecule has 1 unspecified atom stereocenters. The summed E-state index contributed by atoms with van der Waals surface area (Å²) < 4.78 is 0. The van der Waals surface area contributed by atoms with Crippen LogP contribution in [0.25, 0.3) is 0 Å². The van der Waals surface area contributed by atoms with Gasteiger partial charge in [-0.3, -0.25) is 9.69 Å². The van der Waals surface area contributed by atoms with E-state index in [1.807, 2.05) is 11.9 Å². The average Bonchev–Trinajstić information content (AvgIpc) is 2.60. The maximum atomic E-state index is 12.0. The second-order valence-corrected chi connectivity index (χ2v) is 4.83. The number of hydrogen-bond donors (Lipinski definition) is 0. The number of hydrogen-bond acceptors (Lipinski definition) is 2. The van der Waals surface area contributed by atoms with Crippen molar-refractivity contribution in [2.75, 3.05) is 20.1 Å². The highest BCUT2D eigenvalue weighted by molar-refractivity contribution is 5.82. The summed E-state index contributed by atoms with van der Waals surface area (Å²) in [6.45, 7) is 6.52. The monoisotopic (exact) mass is 196 g/mol. The molecule has 2 aliphatic rings. The van der Waals surface area contributed by atoms with E-state index in [1.165, 1.54) is 6.42 Å². The summed E-state index contributed by atoms with van der Waals surface area (Å²) in [5.74, 6) is 0.922. The molecule has 0 aliphatic carbocycles. The molecular formula is C11H20N2O. The number of rotatable bonds is 0. The minimum Gasteiger partial charge on any atom is -0.344 e. The summed E-state index contributed by atoms with van der Waals surface area (Å²) in [6.07, 6.45) is 2.24. The first-order valence-electron chi connectivity index (χ1n) is 5.62. The Labute approximate surface area is 86.1 Å². The fourth-order valence-electron chi connectivity index (χ4n) is 2.80. The summed E-state index contributed by atoms with van der Waals surface area (Å²) in [5.41, 5.74) is 0. The van der Waals surface area contributed by atoms with Crippen molar-refractivity contribution in [1.29, 1.82) is 0 Å². The predicted octanol–water partition coefficient (Wildman–Crippen LogP) is 0.947. The first-order valence-corrected chi connectivity index (χ1v) is 5.62. The minimum absolute atomic E-state index is 0.181. The van der Waals surface area contributed by atoms with Crippen molar-refractivity contribution in [3.63, 3.8) is 0 Å². The van der Waals surface area contributed by atoms with E-state index in [-0.39, 0.29) is 6.04 Å². The van der Waals surface area contributed by atoms with Gasteiger partial charge in [0.25, 0.3) is 0 Å². The van der Waals surface area contributed by atoms with E-state index >= 15 is 0 Å². The molecule has 3 atom stereocenters. The molecule has 3 nitrogen and oxygen atoms in total. The molecule has 0 spiro atoms. The molecule has 1 amide bonds. The molecule has 0 saturated carbocycles. The number of amides is 1. The lowest BCUT2D eigenvalue weighted by molar-refractivity contribution is -0.133. The smallest absolute Gasteiger partial charge is 0.239 e. The second-order valence-electron chi connectivity index (χ2n) is 4.83. The molecule has 0 bridgehead atoms. The van der Waals surface area contributed by atoms with Crippen LogP contribution in [-0.2, 0) is 4.79 Å². The van der Waals surface area contributed by atoms with Gasteiger partial charge in [-0.15, -0.1) is 0 Å². The maximum Gasteiger partial charge on any atom is 0.239 e. The number of likely N-dealkylation sites (N-methyl/N-ethyl adjacent to an activating group) is 1. The molecular weight excluding hydrogens is 176 g/mol. The minimum atomic E-state index is 0.181. The van der Waals surface area contributed by atoms with Crippen LogP contribution in [0.3, 0.4) is 0 Å². The molecule has 2 rings (SSSR count).